The Morgan fingerprint density at radius 1 is 1.00 bits per heavy atom. The van der Waals surface area contributed by atoms with Crippen LogP contribution >= 0.6 is 32.3 Å². The summed E-state index contributed by atoms with van der Waals surface area (Å²) in [4.78, 5) is 6.20. The molecule has 0 atom stereocenters. The number of fused-ring (bicyclic) bond motifs is 3. The maximum absolute atomic E-state index is 5.97. The van der Waals surface area contributed by atoms with Crippen LogP contribution in [0.15, 0.2) is 53.5 Å². The van der Waals surface area contributed by atoms with E-state index in [1.54, 1.807) is 20.7 Å². The van der Waals surface area contributed by atoms with Gasteiger partial charge in [0.2, 0.25) is 0 Å². The van der Waals surface area contributed by atoms with Crippen molar-refractivity contribution in [3.05, 3.63) is 63.1 Å². The molecule has 2 nitrogen and oxygen atoms in total. The molecule has 4 rings (SSSR count). The third-order valence-electron chi connectivity index (χ3n) is 3.91. The molecule has 5 heteroatoms. The first kappa shape index (κ1) is 14.9. The highest BCUT2D eigenvalue weighted by Crippen LogP contribution is 2.45. The minimum atomic E-state index is -0.0847. The summed E-state index contributed by atoms with van der Waals surface area (Å²) in [6, 6.07) is 16.1. The van der Waals surface area contributed by atoms with Crippen LogP contribution in [0.4, 0.5) is 11.4 Å². The molecule has 116 valence electrons. The second-order valence-corrected chi connectivity index (χ2v) is 8.62. The molecule has 1 N–H and O–H groups in total. The number of halogens is 1. The van der Waals surface area contributed by atoms with Gasteiger partial charge in [0.05, 0.1) is 16.1 Å². The van der Waals surface area contributed by atoms with E-state index in [-0.39, 0.29) is 5.54 Å². The molecular formula is C18H15ClN2S2. The standard InChI is InChI=1S/C18H15ClN2S2/c1-18(2)16-15(13-5-3-4-6-14(13)21-18)17(23-22-16)20-12-9-7-11(19)8-10-12/h3-10,21H,1-2H3. The average Bonchev–Trinajstić information content (AvgIpc) is 2.94. The monoisotopic (exact) mass is 358 g/mol. The Labute approximate surface area is 147 Å². The molecular weight excluding hydrogens is 344 g/mol. The molecule has 2 aromatic carbocycles. The molecule has 23 heavy (non-hydrogen) atoms. The first-order chi connectivity index (χ1) is 11.0. The Morgan fingerprint density at radius 2 is 1.74 bits per heavy atom. The second kappa shape index (κ2) is 5.48. The number of nitrogens with zero attached hydrogens (tertiary/aromatic N) is 1. The fourth-order valence-electron chi connectivity index (χ4n) is 2.83. The van der Waals surface area contributed by atoms with Gasteiger partial charge in [0.25, 0.3) is 0 Å². The van der Waals surface area contributed by atoms with E-state index < -0.39 is 0 Å². The van der Waals surface area contributed by atoms with Gasteiger partial charge < -0.3 is 5.32 Å². The Hall–Kier alpha value is -1.62. The van der Waals surface area contributed by atoms with Crippen molar-refractivity contribution in [2.45, 2.75) is 19.4 Å². The van der Waals surface area contributed by atoms with Crippen LogP contribution in [-0.2, 0) is 5.54 Å². The molecule has 1 aromatic heterocycles. The number of benzene rings is 2. The van der Waals surface area contributed by atoms with Crippen molar-refractivity contribution in [3.8, 4) is 11.1 Å². The highest BCUT2D eigenvalue weighted by molar-refractivity contribution is 7.68. The lowest BCUT2D eigenvalue weighted by Crippen LogP contribution is -2.31. The zero-order valence-corrected chi connectivity index (χ0v) is 15.1. The minimum Gasteiger partial charge on any atom is -0.375 e. The van der Waals surface area contributed by atoms with Gasteiger partial charge in [0.15, 0.2) is 0 Å². The normalized spacial score (nSPS) is 15.7. The molecule has 3 aromatic rings. The van der Waals surface area contributed by atoms with E-state index in [9.17, 15) is 0 Å². The van der Waals surface area contributed by atoms with Crippen molar-refractivity contribution in [2.75, 3.05) is 5.32 Å². The van der Waals surface area contributed by atoms with E-state index in [0.717, 1.165) is 15.4 Å². The summed E-state index contributed by atoms with van der Waals surface area (Å²) in [7, 11) is 3.54. The molecule has 0 saturated carbocycles. The number of anilines is 1. The van der Waals surface area contributed by atoms with Crippen molar-refractivity contribution in [3.63, 3.8) is 0 Å². The van der Waals surface area contributed by atoms with Gasteiger partial charge in [-0.2, -0.15) is 0 Å². The summed E-state index contributed by atoms with van der Waals surface area (Å²) in [5.41, 5.74) is 4.50. The molecule has 2 heterocycles. The van der Waals surface area contributed by atoms with E-state index in [4.69, 9.17) is 16.6 Å². The van der Waals surface area contributed by atoms with Crippen LogP contribution in [0.1, 0.15) is 18.7 Å². The fourth-order valence-corrected chi connectivity index (χ4v) is 5.89. The third-order valence-corrected chi connectivity index (χ3v) is 6.81. The van der Waals surface area contributed by atoms with Gasteiger partial charge in [-0.25, -0.2) is 4.99 Å². The molecule has 1 aliphatic heterocycles. The van der Waals surface area contributed by atoms with Crippen LogP contribution in [0.5, 0.6) is 0 Å². The van der Waals surface area contributed by atoms with Gasteiger partial charge in [-0.1, -0.05) is 50.5 Å². The number of hydrogen-bond donors (Lipinski definition) is 1. The molecule has 0 unspecified atom stereocenters. The van der Waals surface area contributed by atoms with Crippen LogP contribution in [0.25, 0.3) is 11.1 Å². The maximum atomic E-state index is 5.97. The number of hydrogen-bond acceptors (Lipinski definition) is 4. The van der Waals surface area contributed by atoms with Gasteiger partial charge in [0, 0.05) is 21.8 Å². The van der Waals surface area contributed by atoms with E-state index >= 15 is 0 Å². The third kappa shape index (κ3) is 2.61. The lowest BCUT2D eigenvalue weighted by Gasteiger charge is -2.33. The molecule has 0 bridgehead atoms. The van der Waals surface area contributed by atoms with E-state index in [2.05, 4.69) is 43.4 Å². The Kier molecular flexibility index (Phi) is 3.56. The van der Waals surface area contributed by atoms with Crippen LogP contribution in [-0.4, -0.2) is 0 Å². The van der Waals surface area contributed by atoms with Crippen molar-refractivity contribution >= 4 is 43.7 Å². The summed E-state index contributed by atoms with van der Waals surface area (Å²) in [6.45, 7) is 4.44. The summed E-state index contributed by atoms with van der Waals surface area (Å²) < 4.78 is 1.06. The molecule has 0 amide bonds. The summed E-state index contributed by atoms with van der Waals surface area (Å²) in [5.74, 6) is 0. The smallest absolute Gasteiger partial charge is 0.135 e. The van der Waals surface area contributed by atoms with E-state index in [0.29, 0.717) is 0 Å². The molecule has 0 saturated heterocycles. The van der Waals surface area contributed by atoms with E-state index in [1.807, 2.05) is 24.3 Å². The van der Waals surface area contributed by atoms with Crippen molar-refractivity contribution < 1.29 is 0 Å². The molecule has 1 aliphatic rings. The van der Waals surface area contributed by atoms with Crippen LogP contribution in [0, 0.1) is 0 Å². The SMILES string of the molecule is CC1(C)Nc2ccccc2-c2c1ssc2=Nc1ccc(Cl)cc1. The van der Waals surface area contributed by atoms with Gasteiger partial charge in [-0.05, 0) is 44.2 Å². The predicted octanol–water partition coefficient (Wildman–Crippen LogP) is 6.02. The first-order valence-corrected chi connectivity index (χ1v) is 9.89. The zero-order chi connectivity index (χ0) is 16.0. The number of para-hydroxylation sites is 1. The zero-order valence-electron chi connectivity index (χ0n) is 12.8. The highest BCUT2D eigenvalue weighted by Gasteiger charge is 2.33. The van der Waals surface area contributed by atoms with Crippen LogP contribution in [0.3, 0.4) is 0 Å². The van der Waals surface area contributed by atoms with Gasteiger partial charge >= 0.3 is 0 Å². The van der Waals surface area contributed by atoms with Crippen LogP contribution in [0.2, 0.25) is 5.02 Å². The lowest BCUT2D eigenvalue weighted by molar-refractivity contribution is 0.619. The Balaban J connectivity index is 1.96. The minimum absolute atomic E-state index is 0.0847. The summed E-state index contributed by atoms with van der Waals surface area (Å²) >= 11 is 5.97. The molecule has 0 radical (unpaired) electrons. The largest absolute Gasteiger partial charge is 0.375 e. The quantitative estimate of drug-likeness (QED) is 0.528. The second-order valence-electron chi connectivity index (χ2n) is 6.06. The van der Waals surface area contributed by atoms with Gasteiger partial charge in [0.1, 0.15) is 4.67 Å². The summed E-state index contributed by atoms with van der Waals surface area (Å²) in [5, 5.41) is 4.37. The van der Waals surface area contributed by atoms with Crippen molar-refractivity contribution in [1.29, 1.82) is 0 Å². The van der Waals surface area contributed by atoms with E-state index in [1.165, 1.54) is 21.7 Å². The lowest BCUT2D eigenvalue weighted by atomic mass is 9.90. The molecule has 0 spiro atoms. The maximum Gasteiger partial charge on any atom is 0.135 e. The fraction of sp³-hybridized carbons (Fsp3) is 0.167. The summed E-state index contributed by atoms with van der Waals surface area (Å²) in [6.07, 6.45) is 0. The first-order valence-electron chi connectivity index (χ1n) is 7.36. The Bertz CT molecular complexity index is 936. The number of rotatable bonds is 1. The van der Waals surface area contributed by atoms with Gasteiger partial charge in [-0.3, -0.25) is 0 Å². The van der Waals surface area contributed by atoms with Gasteiger partial charge in [-0.15, -0.1) is 0 Å². The van der Waals surface area contributed by atoms with Crippen molar-refractivity contribution in [2.24, 2.45) is 4.99 Å². The molecule has 0 aliphatic carbocycles. The topological polar surface area (TPSA) is 24.4 Å². The Morgan fingerprint density at radius 3 is 2.52 bits per heavy atom. The number of nitrogens with one attached hydrogen (secondary N) is 1. The molecule has 0 fully saturated rings. The average molecular weight is 359 g/mol. The highest BCUT2D eigenvalue weighted by atomic mass is 35.5. The van der Waals surface area contributed by atoms with Crippen molar-refractivity contribution in [1.82, 2.24) is 0 Å². The van der Waals surface area contributed by atoms with Crippen LogP contribution < -0.4 is 9.99 Å². The predicted molar refractivity (Wildman–Crippen MR) is 101 cm³/mol.